The van der Waals surface area contributed by atoms with Crippen molar-refractivity contribution in [2.45, 2.75) is 31.9 Å². The maximum absolute atomic E-state index is 12.5. The summed E-state index contributed by atoms with van der Waals surface area (Å²) in [5.74, 6) is 0.537. The van der Waals surface area contributed by atoms with Crippen LogP contribution in [0.15, 0.2) is 54.7 Å². The van der Waals surface area contributed by atoms with E-state index < -0.39 is 0 Å². The third-order valence-electron chi connectivity index (χ3n) is 5.22. The minimum Gasteiger partial charge on any atom is -0.372 e. The monoisotopic (exact) mass is 391 g/mol. The summed E-state index contributed by atoms with van der Waals surface area (Å²) in [6, 6.07) is 15.6. The highest BCUT2D eigenvalue weighted by Crippen LogP contribution is 2.28. The van der Waals surface area contributed by atoms with Gasteiger partial charge in [0.1, 0.15) is 11.9 Å². The van der Waals surface area contributed by atoms with Crippen LogP contribution < -0.4 is 10.6 Å². The predicted octanol–water partition coefficient (Wildman–Crippen LogP) is 3.83. The molecule has 3 heterocycles. The second-order valence-corrected chi connectivity index (χ2v) is 7.25. The summed E-state index contributed by atoms with van der Waals surface area (Å²) in [5, 5.41) is 10.1. The molecule has 4 rings (SSSR count). The molecule has 3 aromatic rings. The lowest BCUT2D eigenvalue weighted by atomic mass is 10.0. The molecule has 7 nitrogen and oxygen atoms in total. The molecule has 2 aromatic heterocycles. The SMILES string of the molecule is Cc1nc(NC(=O)NC2CCOC(c3ccnn3C)C2)ccc1-c1ccccc1. The van der Waals surface area contributed by atoms with E-state index in [0.717, 1.165) is 28.9 Å². The lowest BCUT2D eigenvalue weighted by Crippen LogP contribution is -2.42. The van der Waals surface area contributed by atoms with Crippen LogP contribution in [0.1, 0.15) is 30.3 Å². The minimum atomic E-state index is -0.250. The van der Waals surface area contributed by atoms with Crippen LogP contribution in [0.2, 0.25) is 0 Å². The molecule has 0 spiro atoms. The van der Waals surface area contributed by atoms with Gasteiger partial charge in [0, 0.05) is 37.2 Å². The molecule has 1 saturated heterocycles. The highest BCUT2D eigenvalue weighted by molar-refractivity contribution is 5.88. The van der Waals surface area contributed by atoms with Crippen LogP contribution >= 0.6 is 0 Å². The summed E-state index contributed by atoms with van der Waals surface area (Å²) in [6.07, 6.45) is 3.19. The Morgan fingerprint density at radius 1 is 1.17 bits per heavy atom. The molecule has 2 N–H and O–H groups in total. The molecule has 7 heteroatoms. The number of carbonyl (C=O) groups excluding carboxylic acids is 1. The van der Waals surface area contributed by atoms with Crippen LogP contribution in [0.5, 0.6) is 0 Å². The molecule has 0 bridgehead atoms. The highest BCUT2D eigenvalue weighted by Gasteiger charge is 2.27. The number of hydrogen-bond donors (Lipinski definition) is 2. The fourth-order valence-corrected chi connectivity index (χ4v) is 3.73. The van der Waals surface area contributed by atoms with E-state index in [9.17, 15) is 4.79 Å². The standard InChI is InChI=1S/C22H25N5O2/c1-15-18(16-6-4-3-5-7-16)8-9-21(24-15)26-22(28)25-17-11-13-29-20(14-17)19-10-12-23-27(19)2/h3-10,12,17,20H,11,13-14H2,1-2H3,(H2,24,25,26,28). The number of pyridine rings is 1. The fourth-order valence-electron chi connectivity index (χ4n) is 3.73. The van der Waals surface area contributed by atoms with E-state index in [1.54, 1.807) is 6.20 Å². The van der Waals surface area contributed by atoms with Crippen LogP contribution in [-0.4, -0.2) is 33.4 Å². The van der Waals surface area contributed by atoms with E-state index in [2.05, 4.69) is 20.7 Å². The van der Waals surface area contributed by atoms with Gasteiger partial charge in [-0.25, -0.2) is 9.78 Å². The first kappa shape index (κ1) is 19.1. The van der Waals surface area contributed by atoms with Crippen molar-refractivity contribution in [3.8, 4) is 11.1 Å². The van der Waals surface area contributed by atoms with E-state index in [1.807, 2.05) is 67.2 Å². The molecule has 2 amide bonds. The van der Waals surface area contributed by atoms with Crippen molar-refractivity contribution in [2.24, 2.45) is 7.05 Å². The summed E-state index contributed by atoms with van der Waals surface area (Å²) in [5.41, 5.74) is 4.05. The van der Waals surface area contributed by atoms with Crippen LogP contribution in [0.4, 0.5) is 10.6 Å². The van der Waals surface area contributed by atoms with Gasteiger partial charge in [-0.1, -0.05) is 30.3 Å². The third-order valence-corrected chi connectivity index (χ3v) is 5.22. The van der Waals surface area contributed by atoms with Gasteiger partial charge in [-0.3, -0.25) is 10.00 Å². The lowest BCUT2D eigenvalue weighted by Gasteiger charge is -2.30. The van der Waals surface area contributed by atoms with Gasteiger partial charge < -0.3 is 10.1 Å². The molecular formula is C22H25N5O2. The molecule has 0 aliphatic carbocycles. The Bertz CT molecular complexity index is 986. The summed E-state index contributed by atoms with van der Waals surface area (Å²) in [7, 11) is 1.90. The number of ether oxygens (including phenoxy) is 1. The maximum Gasteiger partial charge on any atom is 0.320 e. The second-order valence-electron chi connectivity index (χ2n) is 7.25. The minimum absolute atomic E-state index is 0.0355. The molecule has 2 unspecified atom stereocenters. The molecule has 150 valence electrons. The summed E-state index contributed by atoms with van der Waals surface area (Å²) in [4.78, 5) is 17.0. The molecule has 0 radical (unpaired) electrons. The Kier molecular flexibility index (Phi) is 5.57. The largest absolute Gasteiger partial charge is 0.372 e. The Hall–Kier alpha value is -3.19. The average Bonchev–Trinajstić information content (AvgIpc) is 3.15. The number of carbonyl (C=O) groups is 1. The van der Waals surface area contributed by atoms with Gasteiger partial charge in [-0.2, -0.15) is 5.10 Å². The quantitative estimate of drug-likeness (QED) is 0.708. The van der Waals surface area contributed by atoms with Gasteiger partial charge in [-0.15, -0.1) is 0 Å². The van der Waals surface area contributed by atoms with Crippen molar-refractivity contribution in [1.82, 2.24) is 20.1 Å². The van der Waals surface area contributed by atoms with Gasteiger partial charge in [-0.05, 0) is 43.5 Å². The molecule has 1 aromatic carbocycles. The maximum atomic E-state index is 12.5. The first-order valence-electron chi connectivity index (χ1n) is 9.80. The number of rotatable bonds is 4. The van der Waals surface area contributed by atoms with Crippen LogP contribution in [0, 0.1) is 6.92 Å². The number of aromatic nitrogens is 3. The Morgan fingerprint density at radius 3 is 2.72 bits per heavy atom. The van der Waals surface area contributed by atoms with Crippen LogP contribution in [-0.2, 0) is 11.8 Å². The smallest absolute Gasteiger partial charge is 0.320 e. The van der Waals surface area contributed by atoms with Crippen molar-refractivity contribution in [3.63, 3.8) is 0 Å². The number of nitrogens with one attached hydrogen (secondary N) is 2. The number of benzene rings is 1. The topological polar surface area (TPSA) is 81.1 Å². The van der Waals surface area contributed by atoms with Crippen molar-refractivity contribution in [2.75, 3.05) is 11.9 Å². The van der Waals surface area contributed by atoms with Crippen molar-refractivity contribution < 1.29 is 9.53 Å². The summed E-state index contributed by atoms with van der Waals surface area (Å²) >= 11 is 0. The van der Waals surface area contributed by atoms with Crippen molar-refractivity contribution >= 4 is 11.8 Å². The summed E-state index contributed by atoms with van der Waals surface area (Å²) < 4.78 is 7.67. The van der Waals surface area contributed by atoms with E-state index in [0.29, 0.717) is 18.8 Å². The molecule has 1 aliphatic rings. The molecule has 2 atom stereocenters. The number of hydrogen-bond acceptors (Lipinski definition) is 4. The van der Waals surface area contributed by atoms with Gasteiger partial charge >= 0.3 is 6.03 Å². The zero-order chi connectivity index (χ0) is 20.2. The van der Waals surface area contributed by atoms with E-state index >= 15 is 0 Å². The molecule has 1 fully saturated rings. The average molecular weight is 391 g/mol. The van der Waals surface area contributed by atoms with Crippen molar-refractivity contribution in [3.05, 3.63) is 66.1 Å². The predicted molar refractivity (Wildman–Crippen MR) is 111 cm³/mol. The van der Waals surface area contributed by atoms with E-state index in [4.69, 9.17) is 4.74 Å². The summed E-state index contributed by atoms with van der Waals surface area (Å²) in [6.45, 7) is 2.55. The van der Waals surface area contributed by atoms with Crippen LogP contribution in [0.3, 0.4) is 0 Å². The highest BCUT2D eigenvalue weighted by atomic mass is 16.5. The molecular weight excluding hydrogens is 366 g/mol. The van der Waals surface area contributed by atoms with E-state index in [-0.39, 0.29) is 18.2 Å². The Labute approximate surface area is 170 Å². The van der Waals surface area contributed by atoms with Gasteiger partial charge in [0.2, 0.25) is 0 Å². The number of urea groups is 1. The lowest BCUT2D eigenvalue weighted by molar-refractivity contribution is -0.00204. The number of amides is 2. The number of anilines is 1. The zero-order valence-corrected chi connectivity index (χ0v) is 16.6. The van der Waals surface area contributed by atoms with Crippen molar-refractivity contribution in [1.29, 1.82) is 0 Å². The zero-order valence-electron chi connectivity index (χ0n) is 16.6. The number of aryl methyl sites for hydroxylation is 2. The van der Waals surface area contributed by atoms with Gasteiger partial charge in [0.05, 0.1) is 5.69 Å². The first-order valence-corrected chi connectivity index (χ1v) is 9.80. The third kappa shape index (κ3) is 4.46. The van der Waals surface area contributed by atoms with Gasteiger partial charge in [0.15, 0.2) is 0 Å². The second kappa shape index (κ2) is 8.45. The molecule has 0 saturated carbocycles. The molecule has 29 heavy (non-hydrogen) atoms. The fraction of sp³-hybridized carbons (Fsp3) is 0.318. The van der Waals surface area contributed by atoms with Gasteiger partial charge in [0.25, 0.3) is 0 Å². The van der Waals surface area contributed by atoms with Crippen LogP contribution in [0.25, 0.3) is 11.1 Å². The number of nitrogens with zero attached hydrogens (tertiary/aromatic N) is 3. The van der Waals surface area contributed by atoms with E-state index in [1.165, 1.54) is 0 Å². The Balaban J connectivity index is 1.37. The molecule has 1 aliphatic heterocycles. The first-order chi connectivity index (χ1) is 14.1. The Morgan fingerprint density at radius 2 is 2.00 bits per heavy atom. The normalized spacial score (nSPS) is 19.0.